The SMILES string of the molecule is O=C(O)C(F)(F)F.O[C@@H]1CNCC[C@H]1c1ccnc2ccc(F)cc12. The maximum atomic E-state index is 13.4. The van der Waals surface area contributed by atoms with Crippen LogP contribution in [0.5, 0.6) is 0 Å². The molecule has 1 aromatic heterocycles. The maximum absolute atomic E-state index is 13.4. The first-order valence-electron chi connectivity index (χ1n) is 7.43. The number of aliphatic hydroxyl groups is 1. The number of nitrogens with zero attached hydrogens (tertiary/aromatic N) is 1. The second-order valence-corrected chi connectivity index (χ2v) is 5.53. The first-order chi connectivity index (χ1) is 11.7. The van der Waals surface area contributed by atoms with E-state index < -0.39 is 18.2 Å². The summed E-state index contributed by atoms with van der Waals surface area (Å²) in [5, 5.41) is 21.2. The van der Waals surface area contributed by atoms with Crippen molar-refractivity contribution in [3.8, 4) is 0 Å². The summed E-state index contributed by atoms with van der Waals surface area (Å²) >= 11 is 0. The second-order valence-electron chi connectivity index (χ2n) is 5.53. The summed E-state index contributed by atoms with van der Waals surface area (Å²) < 4.78 is 45.1. The van der Waals surface area contributed by atoms with Crippen molar-refractivity contribution in [2.45, 2.75) is 24.6 Å². The molecule has 5 nitrogen and oxygen atoms in total. The van der Waals surface area contributed by atoms with Crippen LogP contribution in [0.2, 0.25) is 0 Å². The number of hydrogen-bond donors (Lipinski definition) is 3. The molecule has 2 aromatic rings. The van der Waals surface area contributed by atoms with E-state index in [1.54, 1.807) is 12.3 Å². The lowest BCUT2D eigenvalue weighted by atomic mass is 9.86. The zero-order valence-electron chi connectivity index (χ0n) is 12.9. The third kappa shape index (κ3) is 4.86. The number of rotatable bonds is 1. The Bertz CT molecular complexity index is 752. The number of aliphatic carboxylic acids is 1. The zero-order chi connectivity index (χ0) is 18.6. The van der Waals surface area contributed by atoms with Gasteiger partial charge in [-0.25, -0.2) is 9.18 Å². The van der Waals surface area contributed by atoms with Gasteiger partial charge in [-0.1, -0.05) is 0 Å². The Hall–Kier alpha value is -2.26. The summed E-state index contributed by atoms with van der Waals surface area (Å²) in [6.45, 7) is 1.46. The molecule has 3 rings (SSSR count). The largest absolute Gasteiger partial charge is 0.490 e. The van der Waals surface area contributed by atoms with Crippen LogP contribution < -0.4 is 5.32 Å². The first kappa shape index (κ1) is 19.1. The minimum Gasteiger partial charge on any atom is -0.475 e. The third-order valence-electron chi connectivity index (χ3n) is 3.83. The number of halogens is 4. The number of benzene rings is 1. The first-order valence-corrected chi connectivity index (χ1v) is 7.43. The molecule has 0 bridgehead atoms. The number of β-amino-alcohol motifs (C(OH)–C–C–N with tert-alkyl or cyclic N) is 1. The minimum absolute atomic E-state index is 0.0542. The summed E-state index contributed by atoms with van der Waals surface area (Å²) in [6.07, 6.45) is -2.92. The van der Waals surface area contributed by atoms with Crippen LogP contribution in [0.4, 0.5) is 17.6 Å². The van der Waals surface area contributed by atoms with Gasteiger partial charge in [-0.3, -0.25) is 4.98 Å². The molecule has 0 radical (unpaired) electrons. The van der Waals surface area contributed by atoms with Crippen LogP contribution in [0.25, 0.3) is 10.9 Å². The second kappa shape index (κ2) is 7.75. The van der Waals surface area contributed by atoms with E-state index in [2.05, 4.69) is 10.3 Å². The lowest BCUT2D eigenvalue weighted by molar-refractivity contribution is -0.192. The molecule has 3 N–H and O–H groups in total. The van der Waals surface area contributed by atoms with Crippen LogP contribution in [0, 0.1) is 5.82 Å². The molecule has 2 heterocycles. The number of alkyl halides is 3. The highest BCUT2D eigenvalue weighted by Gasteiger charge is 2.38. The van der Waals surface area contributed by atoms with Crippen molar-refractivity contribution >= 4 is 16.9 Å². The molecule has 136 valence electrons. The molecule has 1 saturated heterocycles. The number of pyridine rings is 1. The van der Waals surface area contributed by atoms with Crippen molar-refractivity contribution in [1.29, 1.82) is 0 Å². The molecule has 1 aliphatic rings. The van der Waals surface area contributed by atoms with Gasteiger partial charge >= 0.3 is 12.1 Å². The number of hydrogen-bond acceptors (Lipinski definition) is 4. The van der Waals surface area contributed by atoms with Gasteiger partial charge < -0.3 is 15.5 Å². The van der Waals surface area contributed by atoms with Gasteiger partial charge in [0.15, 0.2) is 0 Å². The van der Waals surface area contributed by atoms with Crippen LogP contribution in [0.1, 0.15) is 17.9 Å². The molecule has 1 fully saturated rings. The van der Waals surface area contributed by atoms with Crippen molar-refractivity contribution in [3.63, 3.8) is 0 Å². The van der Waals surface area contributed by atoms with Gasteiger partial charge in [0, 0.05) is 24.0 Å². The highest BCUT2D eigenvalue weighted by atomic mass is 19.4. The number of carboxylic acid groups (broad SMARTS) is 1. The standard InChI is InChI=1S/C14H15FN2O.C2HF3O2/c15-9-1-2-13-12(7-9)10(4-6-17-13)11-3-5-16-8-14(11)18;3-2(4,5)1(6)7/h1-2,4,6-7,11,14,16,18H,3,5,8H2;(H,6,7)/t11-,14+;/m0./s1. The molecule has 0 unspecified atom stereocenters. The van der Waals surface area contributed by atoms with Crippen molar-refractivity contribution < 1.29 is 32.6 Å². The van der Waals surface area contributed by atoms with Crippen molar-refractivity contribution in [1.82, 2.24) is 10.3 Å². The number of carboxylic acids is 1. The average molecular weight is 360 g/mol. The Morgan fingerprint density at radius 3 is 2.56 bits per heavy atom. The van der Waals surface area contributed by atoms with Crippen molar-refractivity contribution in [2.75, 3.05) is 13.1 Å². The van der Waals surface area contributed by atoms with E-state index in [1.165, 1.54) is 12.1 Å². The fraction of sp³-hybridized carbons (Fsp3) is 0.375. The molecular weight excluding hydrogens is 344 g/mol. The predicted octanol–water partition coefficient (Wildman–Crippen LogP) is 2.45. The Balaban J connectivity index is 0.000000277. The Morgan fingerprint density at radius 1 is 1.28 bits per heavy atom. The highest BCUT2D eigenvalue weighted by Crippen LogP contribution is 2.31. The van der Waals surface area contributed by atoms with E-state index in [1.807, 2.05) is 6.07 Å². The Kier molecular flexibility index (Phi) is 5.91. The minimum atomic E-state index is -5.08. The van der Waals surface area contributed by atoms with Crippen LogP contribution in [-0.2, 0) is 4.79 Å². The predicted molar refractivity (Wildman–Crippen MR) is 81.6 cm³/mol. The summed E-state index contributed by atoms with van der Waals surface area (Å²) in [4.78, 5) is 13.1. The Morgan fingerprint density at radius 2 is 1.96 bits per heavy atom. The van der Waals surface area contributed by atoms with Crippen molar-refractivity contribution in [3.05, 3.63) is 41.8 Å². The quantitative estimate of drug-likeness (QED) is 0.681. The summed E-state index contributed by atoms with van der Waals surface area (Å²) in [5.41, 5.74) is 1.77. The van der Waals surface area contributed by atoms with Crippen LogP contribution >= 0.6 is 0 Å². The molecule has 0 amide bonds. The van der Waals surface area contributed by atoms with Gasteiger partial charge in [0.25, 0.3) is 0 Å². The fourth-order valence-corrected chi connectivity index (χ4v) is 2.67. The topological polar surface area (TPSA) is 82.5 Å². The molecule has 0 aliphatic carbocycles. The van der Waals surface area contributed by atoms with Crippen LogP contribution in [0.3, 0.4) is 0 Å². The summed E-state index contributed by atoms with van der Waals surface area (Å²) in [6, 6.07) is 6.49. The van der Waals surface area contributed by atoms with E-state index in [-0.39, 0.29) is 11.7 Å². The number of aliphatic hydroxyl groups excluding tert-OH is 1. The summed E-state index contributed by atoms with van der Waals surface area (Å²) in [7, 11) is 0. The monoisotopic (exact) mass is 360 g/mol. The molecule has 0 spiro atoms. The van der Waals surface area contributed by atoms with Gasteiger partial charge in [-0.05, 0) is 42.8 Å². The summed E-state index contributed by atoms with van der Waals surface area (Å²) in [5.74, 6) is -2.97. The molecule has 25 heavy (non-hydrogen) atoms. The lowest BCUT2D eigenvalue weighted by Gasteiger charge is -2.29. The molecule has 0 saturated carbocycles. The van der Waals surface area contributed by atoms with Gasteiger partial charge in [0.05, 0.1) is 11.6 Å². The zero-order valence-corrected chi connectivity index (χ0v) is 12.9. The third-order valence-corrected chi connectivity index (χ3v) is 3.83. The Labute approximate surface area is 140 Å². The number of piperidine rings is 1. The normalized spacial score (nSPS) is 20.7. The number of fused-ring (bicyclic) bond motifs is 1. The van der Waals surface area contributed by atoms with Gasteiger partial charge in [-0.15, -0.1) is 0 Å². The molecular formula is C16H16F4N2O3. The molecule has 1 aromatic carbocycles. The van der Waals surface area contributed by atoms with E-state index in [9.17, 15) is 22.7 Å². The van der Waals surface area contributed by atoms with Crippen LogP contribution in [-0.4, -0.2) is 46.5 Å². The average Bonchev–Trinajstić information content (AvgIpc) is 2.54. The lowest BCUT2D eigenvalue weighted by Crippen LogP contribution is -2.39. The molecule has 1 aliphatic heterocycles. The molecule has 9 heteroatoms. The van der Waals surface area contributed by atoms with Crippen molar-refractivity contribution in [2.24, 2.45) is 0 Å². The van der Waals surface area contributed by atoms with Gasteiger partial charge in [-0.2, -0.15) is 13.2 Å². The smallest absolute Gasteiger partial charge is 0.475 e. The fourth-order valence-electron chi connectivity index (χ4n) is 2.67. The van der Waals surface area contributed by atoms with E-state index in [4.69, 9.17) is 9.90 Å². The van der Waals surface area contributed by atoms with Gasteiger partial charge in [0.2, 0.25) is 0 Å². The number of nitrogens with one attached hydrogen (secondary N) is 1. The molecule has 2 atom stereocenters. The van der Waals surface area contributed by atoms with Crippen LogP contribution in [0.15, 0.2) is 30.5 Å². The number of carbonyl (C=O) groups is 1. The van der Waals surface area contributed by atoms with Gasteiger partial charge in [0.1, 0.15) is 5.82 Å². The number of aromatic nitrogens is 1. The van der Waals surface area contributed by atoms with E-state index in [0.717, 1.165) is 29.4 Å². The highest BCUT2D eigenvalue weighted by molar-refractivity contribution is 5.82. The van der Waals surface area contributed by atoms with E-state index >= 15 is 0 Å². The maximum Gasteiger partial charge on any atom is 0.490 e. The van der Waals surface area contributed by atoms with E-state index in [0.29, 0.717) is 6.54 Å².